The fourth-order valence-corrected chi connectivity index (χ4v) is 2.87. The Bertz CT molecular complexity index is 524. The highest BCUT2D eigenvalue weighted by molar-refractivity contribution is 9.10. The summed E-state index contributed by atoms with van der Waals surface area (Å²) in [6.07, 6.45) is 0. The molecule has 0 amide bonds. The van der Waals surface area contributed by atoms with Crippen molar-refractivity contribution in [1.82, 2.24) is 0 Å². The Hall–Kier alpha value is -0.950. The minimum absolute atomic E-state index is 0.248. The number of sulfone groups is 1. The second-order valence-corrected chi connectivity index (χ2v) is 6.85. The molecule has 0 aromatic heterocycles. The van der Waals surface area contributed by atoms with Crippen molar-refractivity contribution in [3.8, 4) is 0 Å². The molecule has 0 atom stereocenters. The fraction of sp³-hybridized carbons (Fsp3) is 0.333. The zero-order valence-electron chi connectivity index (χ0n) is 8.68. The molecule has 16 heavy (non-hydrogen) atoms. The molecule has 0 bridgehead atoms. The Morgan fingerprint density at radius 1 is 1.38 bits per heavy atom. The first-order valence-electron chi connectivity index (χ1n) is 4.44. The summed E-state index contributed by atoms with van der Waals surface area (Å²) >= 11 is 3.10. The van der Waals surface area contributed by atoms with Crippen molar-refractivity contribution in [3.63, 3.8) is 0 Å². The van der Waals surface area contributed by atoms with Crippen molar-refractivity contribution in [2.75, 3.05) is 0 Å². The molecule has 0 radical (unpaired) electrons. The van der Waals surface area contributed by atoms with Crippen LogP contribution in [0.5, 0.6) is 0 Å². The van der Waals surface area contributed by atoms with Crippen LogP contribution in [0.3, 0.4) is 0 Å². The smallest absolute Gasteiger partial charge is 0.258 e. The maximum Gasteiger partial charge on any atom is 0.288 e. The van der Waals surface area contributed by atoms with Gasteiger partial charge >= 0.3 is 0 Å². The molecule has 0 saturated heterocycles. The van der Waals surface area contributed by atoms with Crippen molar-refractivity contribution in [2.24, 2.45) is 0 Å². The molecule has 1 aromatic rings. The molecule has 1 aromatic carbocycles. The summed E-state index contributed by atoms with van der Waals surface area (Å²) in [4.78, 5) is 9.79. The topological polar surface area (TPSA) is 77.3 Å². The number of nitro benzene ring substituents is 1. The number of nitrogens with zero attached hydrogens (tertiary/aromatic N) is 1. The van der Waals surface area contributed by atoms with Crippen LogP contribution in [0.25, 0.3) is 0 Å². The lowest BCUT2D eigenvalue weighted by Crippen LogP contribution is -2.15. The van der Waals surface area contributed by atoms with Gasteiger partial charge in [0.25, 0.3) is 5.69 Å². The van der Waals surface area contributed by atoms with Crippen LogP contribution in [-0.4, -0.2) is 18.6 Å². The molecule has 0 saturated carbocycles. The number of hydrogen-bond acceptors (Lipinski definition) is 4. The van der Waals surface area contributed by atoms with E-state index in [1.54, 1.807) is 0 Å². The SMILES string of the molecule is CC(C)S(=O)(=O)c1cc(Br)ccc1[N+](=O)[O-]. The van der Waals surface area contributed by atoms with Crippen LogP contribution in [0, 0.1) is 10.1 Å². The summed E-state index contributed by atoms with van der Waals surface area (Å²) in [6, 6.07) is 3.88. The number of nitro groups is 1. The average Bonchev–Trinajstić information content (AvgIpc) is 2.16. The van der Waals surface area contributed by atoms with Crippen molar-refractivity contribution in [1.29, 1.82) is 0 Å². The number of hydrogen-bond donors (Lipinski definition) is 0. The van der Waals surface area contributed by atoms with E-state index in [0.717, 1.165) is 0 Å². The second-order valence-electron chi connectivity index (χ2n) is 3.46. The van der Waals surface area contributed by atoms with Crippen molar-refractivity contribution >= 4 is 31.5 Å². The highest BCUT2D eigenvalue weighted by atomic mass is 79.9. The standard InChI is InChI=1S/C9H10BrNO4S/c1-6(2)16(14,15)9-5-7(10)3-4-8(9)11(12)13/h3-6H,1-2H3. The molecule has 88 valence electrons. The molecule has 0 unspecified atom stereocenters. The molecule has 0 aliphatic heterocycles. The predicted octanol–water partition coefficient (Wildman–Crippen LogP) is 2.54. The van der Waals surface area contributed by atoms with Gasteiger partial charge in [0, 0.05) is 10.5 Å². The Balaban J connectivity index is 3.54. The summed E-state index contributed by atoms with van der Waals surface area (Å²) in [5.41, 5.74) is -0.392. The Morgan fingerprint density at radius 3 is 2.38 bits per heavy atom. The van der Waals surface area contributed by atoms with Crippen molar-refractivity contribution in [3.05, 3.63) is 32.8 Å². The molecule has 7 heteroatoms. The number of halogens is 1. The lowest BCUT2D eigenvalue weighted by molar-refractivity contribution is -0.387. The first kappa shape index (κ1) is 13.1. The van der Waals surface area contributed by atoms with Gasteiger partial charge < -0.3 is 0 Å². The van der Waals surface area contributed by atoms with E-state index in [4.69, 9.17) is 0 Å². The van der Waals surface area contributed by atoms with E-state index in [2.05, 4.69) is 15.9 Å². The molecular weight excluding hydrogens is 298 g/mol. The summed E-state index contributed by atoms with van der Waals surface area (Å²) in [5, 5.41) is 10.0. The van der Waals surface area contributed by atoms with E-state index in [0.29, 0.717) is 4.47 Å². The third-order valence-electron chi connectivity index (χ3n) is 2.05. The van der Waals surface area contributed by atoms with E-state index >= 15 is 0 Å². The lowest BCUT2D eigenvalue weighted by atomic mass is 10.3. The minimum atomic E-state index is -3.65. The zero-order valence-corrected chi connectivity index (χ0v) is 11.1. The molecule has 0 N–H and O–H groups in total. The molecule has 0 fully saturated rings. The maximum absolute atomic E-state index is 11.9. The van der Waals surface area contributed by atoms with Crippen molar-refractivity contribution in [2.45, 2.75) is 24.0 Å². The van der Waals surface area contributed by atoms with Crippen LogP contribution in [0.1, 0.15) is 13.8 Å². The van der Waals surface area contributed by atoms with E-state index in [-0.39, 0.29) is 4.90 Å². The molecule has 1 rings (SSSR count). The zero-order chi connectivity index (χ0) is 12.5. The van der Waals surface area contributed by atoms with Crippen molar-refractivity contribution < 1.29 is 13.3 Å². The van der Waals surface area contributed by atoms with Crippen LogP contribution in [0.15, 0.2) is 27.6 Å². The van der Waals surface area contributed by atoms with Crippen LogP contribution in [-0.2, 0) is 9.84 Å². The third-order valence-corrected chi connectivity index (χ3v) is 4.72. The van der Waals surface area contributed by atoms with Gasteiger partial charge in [-0.25, -0.2) is 8.42 Å². The second kappa shape index (κ2) is 4.50. The highest BCUT2D eigenvalue weighted by Gasteiger charge is 2.28. The largest absolute Gasteiger partial charge is 0.288 e. The van der Waals surface area contributed by atoms with E-state index in [1.807, 2.05) is 0 Å². The van der Waals surface area contributed by atoms with E-state index in [1.165, 1.54) is 32.0 Å². The van der Waals surface area contributed by atoms with Crippen LogP contribution in [0.2, 0.25) is 0 Å². The summed E-state index contributed by atoms with van der Waals surface area (Å²) < 4.78 is 24.3. The van der Waals surface area contributed by atoms with Crippen LogP contribution >= 0.6 is 15.9 Å². The normalized spacial score (nSPS) is 11.8. The van der Waals surface area contributed by atoms with Crippen LogP contribution in [0.4, 0.5) is 5.69 Å². The van der Waals surface area contributed by atoms with Gasteiger partial charge in [-0.3, -0.25) is 10.1 Å². The Labute approximate surface area is 102 Å². The average molecular weight is 308 g/mol. The minimum Gasteiger partial charge on any atom is -0.258 e. The predicted molar refractivity (Wildman–Crippen MR) is 63.1 cm³/mol. The van der Waals surface area contributed by atoms with Gasteiger partial charge in [-0.15, -0.1) is 0 Å². The molecule has 0 spiro atoms. The van der Waals surface area contributed by atoms with Gasteiger partial charge in [0.1, 0.15) is 4.90 Å². The molecule has 0 aliphatic rings. The fourth-order valence-electron chi connectivity index (χ4n) is 1.12. The Morgan fingerprint density at radius 2 is 1.94 bits per heavy atom. The van der Waals surface area contributed by atoms with Gasteiger partial charge in [0.2, 0.25) is 0 Å². The van der Waals surface area contributed by atoms with E-state index < -0.39 is 25.7 Å². The molecule has 0 heterocycles. The molecule has 0 aliphatic carbocycles. The number of rotatable bonds is 3. The van der Waals surface area contributed by atoms with E-state index in [9.17, 15) is 18.5 Å². The van der Waals surface area contributed by atoms with Gasteiger partial charge in [0.15, 0.2) is 9.84 Å². The van der Waals surface area contributed by atoms with Gasteiger partial charge in [-0.2, -0.15) is 0 Å². The lowest BCUT2D eigenvalue weighted by Gasteiger charge is -2.08. The third kappa shape index (κ3) is 2.41. The molecular formula is C9H10BrNO4S. The quantitative estimate of drug-likeness (QED) is 0.635. The summed E-state index contributed by atoms with van der Waals surface area (Å²) in [7, 11) is -3.65. The monoisotopic (exact) mass is 307 g/mol. The molecule has 5 nitrogen and oxygen atoms in total. The highest BCUT2D eigenvalue weighted by Crippen LogP contribution is 2.29. The van der Waals surface area contributed by atoms with Gasteiger partial charge in [0.05, 0.1) is 10.2 Å². The van der Waals surface area contributed by atoms with Gasteiger partial charge in [-0.1, -0.05) is 15.9 Å². The first-order valence-corrected chi connectivity index (χ1v) is 6.78. The van der Waals surface area contributed by atoms with Gasteiger partial charge in [-0.05, 0) is 26.0 Å². The summed E-state index contributed by atoms with van der Waals surface area (Å²) in [5.74, 6) is 0. The Kier molecular flexibility index (Phi) is 3.69. The summed E-state index contributed by atoms with van der Waals surface area (Å²) in [6.45, 7) is 2.97. The van der Waals surface area contributed by atoms with Crippen LogP contribution < -0.4 is 0 Å². The first-order chi connectivity index (χ1) is 7.26. The number of benzene rings is 1. The maximum atomic E-state index is 11.9.